The van der Waals surface area contributed by atoms with Crippen LogP contribution in [0.15, 0.2) is 36.5 Å². The third kappa shape index (κ3) is 4.88. The summed E-state index contributed by atoms with van der Waals surface area (Å²) in [6.07, 6.45) is 2.80. The molecule has 1 N–H and O–H groups in total. The smallest absolute Gasteiger partial charge is 0.269 e. The summed E-state index contributed by atoms with van der Waals surface area (Å²) in [5, 5.41) is 18.1. The molecule has 0 unspecified atom stereocenters. The quantitative estimate of drug-likeness (QED) is 0.453. The Morgan fingerprint density at radius 2 is 2.05 bits per heavy atom. The highest BCUT2D eigenvalue weighted by Crippen LogP contribution is 2.16. The SMILES string of the molecule is Cn1ccc(CCNCCOc2ccc([N+](=O)[O-])cc2)n1. The van der Waals surface area contributed by atoms with E-state index in [0.717, 1.165) is 18.7 Å². The molecule has 0 aliphatic rings. The van der Waals surface area contributed by atoms with E-state index in [1.807, 2.05) is 19.3 Å². The molecule has 0 spiro atoms. The molecule has 0 aliphatic heterocycles. The van der Waals surface area contributed by atoms with Gasteiger partial charge in [0.1, 0.15) is 12.4 Å². The van der Waals surface area contributed by atoms with Gasteiger partial charge in [0.05, 0.1) is 10.6 Å². The van der Waals surface area contributed by atoms with E-state index in [4.69, 9.17) is 4.74 Å². The molecule has 1 aromatic heterocycles. The van der Waals surface area contributed by atoms with Crippen molar-refractivity contribution in [3.63, 3.8) is 0 Å². The predicted octanol–water partition coefficient (Wildman–Crippen LogP) is 1.54. The lowest BCUT2D eigenvalue weighted by Gasteiger charge is -2.06. The minimum Gasteiger partial charge on any atom is -0.492 e. The minimum atomic E-state index is -0.428. The average Bonchev–Trinajstić information content (AvgIpc) is 2.89. The third-order valence-corrected chi connectivity index (χ3v) is 2.92. The van der Waals surface area contributed by atoms with Crippen LogP contribution < -0.4 is 10.1 Å². The summed E-state index contributed by atoms with van der Waals surface area (Å²) in [6, 6.07) is 8.07. The Hall–Kier alpha value is -2.41. The number of aromatic nitrogens is 2. The number of nitrogens with one attached hydrogen (secondary N) is 1. The first-order valence-corrected chi connectivity index (χ1v) is 6.71. The molecule has 0 aliphatic carbocycles. The molecule has 2 aromatic rings. The van der Waals surface area contributed by atoms with E-state index in [9.17, 15) is 10.1 Å². The monoisotopic (exact) mass is 290 g/mol. The number of nitrogens with zero attached hydrogens (tertiary/aromatic N) is 3. The summed E-state index contributed by atoms with van der Waals surface area (Å²) in [6.45, 7) is 2.06. The van der Waals surface area contributed by atoms with Crippen molar-refractivity contribution in [2.45, 2.75) is 6.42 Å². The second-order valence-electron chi connectivity index (χ2n) is 4.58. The van der Waals surface area contributed by atoms with Gasteiger partial charge in [-0.1, -0.05) is 0 Å². The Balaban J connectivity index is 1.60. The second kappa shape index (κ2) is 7.39. The van der Waals surface area contributed by atoms with Gasteiger partial charge in [0.25, 0.3) is 5.69 Å². The average molecular weight is 290 g/mol. The Labute approximate surface area is 122 Å². The highest BCUT2D eigenvalue weighted by atomic mass is 16.6. The van der Waals surface area contributed by atoms with Crippen molar-refractivity contribution in [1.82, 2.24) is 15.1 Å². The summed E-state index contributed by atoms with van der Waals surface area (Å²) >= 11 is 0. The normalized spacial score (nSPS) is 10.5. The van der Waals surface area contributed by atoms with E-state index in [-0.39, 0.29) is 5.69 Å². The van der Waals surface area contributed by atoms with Crippen molar-refractivity contribution in [3.05, 3.63) is 52.3 Å². The van der Waals surface area contributed by atoms with Crippen LogP contribution in [0.5, 0.6) is 5.75 Å². The van der Waals surface area contributed by atoms with E-state index in [0.29, 0.717) is 18.9 Å². The molecule has 0 radical (unpaired) electrons. The van der Waals surface area contributed by atoms with Gasteiger partial charge >= 0.3 is 0 Å². The number of nitro groups is 1. The third-order valence-electron chi connectivity index (χ3n) is 2.92. The highest BCUT2D eigenvalue weighted by molar-refractivity contribution is 5.35. The molecule has 0 saturated heterocycles. The van der Waals surface area contributed by atoms with Gasteiger partial charge in [-0.3, -0.25) is 14.8 Å². The van der Waals surface area contributed by atoms with Gasteiger partial charge in [-0.25, -0.2) is 0 Å². The maximum Gasteiger partial charge on any atom is 0.269 e. The standard InChI is InChI=1S/C14H18N4O3/c1-17-10-7-12(16-17)6-8-15-9-11-21-14-4-2-13(3-5-14)18(19)20/h2-5,7,10,15H,6,8-9,11H2,1H3. The molecular formula is C14H18N4O3. The molecule has 7 heteroatoms. The largest absolute Gasteiger partial charge is 0.492 e. The van der Waals surface area contributed by atoms with Crippen molar-refractivity contribution in [2.24, 2.45) is 7.05 Å². The molecule has 7 nitrogen and oxygen atoms in total. The molecule has 0 amide bonds. The number of hydrogen-bond acceptors (Lipinski definition) is 5. The molecule has 0 atom stereocenters. The van der Waals surface area contributed by atoms with Gasteiger partial charge in [0, 0.05) is 44.9 Å². The maximum absolute atomic E-state index is 10.5. The molecule has 2 rings (SSSR count). The molecular weight excluding hydrogens is 272 g/mol. The Bertz CT molecular complexity index is 580. The zero-order valence-corrected chi connectivity index (χ0v) is 11.9. The summed E-state index contributed by atoms with van der Waals surface area (Å²) in [5.41, 5.74) is 1.12. The van der Waals surface area contributed by atoms with Crippen LogP contribution in [-0.4, -0.2) is 34.4 Å². The lowest BCUT2D eigenvalue weighted by atomic mass is 10.3. The van der Waals surface area contributed by atoms with Crippen LogP contribution in [0.2, 0.25) is 0 Å². The number of benzene rings is 1. The Morgan fingerprint density at radius 3 is 2.67 bits per heavy atom. The summed E-state index contributed by atoms with van der Waals surface area (Å²) in [5.74, 6) is 0.632. The van der Waals surface area contributed by atoms with Crippen molar-refractivity contribution in [1.29, 1.82) is 0 Å². The zero-order valence-electron chi connectivity index (χ0n) is 11.9. The Morgan fingerprint density at radius 1 is 1.29 bits per heavy atom. The first kappa shape index (κ1) is 15.0. The van der Waals surface area contributed by atoms with Crippen LogP contribution in [0.4, 0.5) is 5.69 Å². The fourth-order valence-corrected chi connectivity index (χ4v) is 1.84. The molecule has 0 bridgehead atoms. The van der Waals surface area contributed by atoms with E-state index >= 15 is 0 Å². The van der Waals surface area contributed by atoms with Crippen LogP contribution in [-0.2, 0) is 13.5 Å². The van der Waals surface area contributed by atoms with Crippen LogP contribution in [0, 0.1) is 10.1 Å². The molecule has 0 fully saturated rings. The maximum atomic E-state index is 10.5. The van der Waals surface area contributed by atoms with E-state index in [2.05, 4.69) is 10.4 Å². The van der Waals surface area contributed by atoms with Crippen LogP contribution in [0.3, 0.4) is 0 Å². The van der Waals surface area contributed by atoms with E-state index in [1.165, 1.54) is 12.1 Å². The molecule has 1 aromatic carbocycles. The topological polar surface area (TPSA) is 82.2 Å². The molecule has 21 heavy (non-hydrogen) atoms. The van der Waals surface area contributed by atoms with Gasteiger partial charge in [-0.05, 0) is 18.2 Å². The van der Waals surface area contributed by atoms with E-state index in [1.54, 1.807) is 16.8 Å². The van der Waals surface area contributed by atoms with E-state index < -0.39 is 4.92 Å². The molecule has 0 saturated carbocycles. The van der Waals surface area contributed by atoms with Gasteiger partial charge in [0.15, 0.2) is 0 Å². The van der Waals surface area contributed by atoms with Crippen LogP contribution in [0.1, 0.15) is 5.69 Å². The summed E-state index contributed by atoms with van der Waals surface area (Å²) in [4.78, 5) is 10.1. The first-order valence-electron chi connectivity index (χ1n) is 6.71. The summed E-state index contributed by atoms with van der Waals surface area (Å²) in [7, 11) is 1.90. The number of rotatable bonds is 8. The number of hydrogen-bond donors (Lipinski definition) is 1. The van der Waals surface area contributed by atoms with Crippen LogP contribution >= 0.6 is 0 Å². The van der Waals surface area contributed by atoms with Crippen molar-refractivity contribution >= 4 is 5.69 Å². The number of nitro benzene ring substituents is 1. The van der Waals surface area contributed by atoms with Crippen molar-refractivity contribution < 1.29 is 9.66 Å². The van der Waals surface area contributed by atoms with Gasteiger partial charge in [-0.2, -0.15) is 5.10 Å². The molecule has 112 valence electrons. The van der Waals surface area contributed by atoms with Crippen LogP contribution in [0.25, 0.3) is 0 Å². The number of aryl methyl sites for hydroxylation is 1. The van der Waals surface area contributed by atoms with Crippen molar-refractivity contribution in [2.75, 3.05) is 19.7 Å². The minimum absolute atomic E-state index is 0.0656. The second-order valence-corrected chi connectivity index (χ2v) is 4.58. The van der Waals surface area contributed by atoms with Gasteiger partial charge in [0.2, 0.25) is 0 Å². The Kier molecular flexibility index (Phi) is 5.28. The fourth-order valence-electron chi connectivity index (χ4n) is 1.84. The highest BCUT2D eigenvalue weighted by Gasteiger charge is 2.04. The number of ether oxygens (including phenoxy) is 1. The van der Waals surface area contributed by atoms with Crippen molar-refractivity contribution in [3.8, 4) is 5.75 Å². The molecule has 1 heterocycles. The summed E-state index contributed by atoms with van der Waals surface area (Å²) < 4.78 is 7.28. The lowest BCUT2D eigenvalue weighted by molar-refractivity contribution is -0.384. The first-order chi connectivity index (χ1) is 10.1. The fraction of sp³-hybridized carbons (Fsp3) is 0.357. The zero-order chi connectivity index (χ0) is 15.1. The lowest BCUT2D eigenvalue weighted by Crippen LogP contribution is -2.23. The van der Waals surface area contributed by atoms with Gasteiger partial charge < -0.3 is 10.1 Å². The predicted molar refractivity (Wildman–Crippen MR) is 78.4 cm³/mol. The van der Waals surface area contributed by atoms with Gasteiger partial charge in [-0.15, -0.1) is 0 Å². The number of non-ortho nitro benzene ring substituents is 1.